The van der Waals surface area contributed by atoms with Crippen molar-refractivity contribution in [3.8, 4) is 5.69 Å². The van der Waals surface area contributed by atoms with E-state index < -0.39 is 5.60 Å². The van der Waals surface area contributed by atoms with Crippen LogP contribution in [0, 0.1) is 5.41 Å². The van der Waals surface area contributed by atoms with Crippen LogP contribution in [-0.4, -0.2) is 38.1 Å². The number of hydrogen-bond acceptors (Lipinski definition) is 4. The molecule has 156 valence electrons. The molecule has 7 rings (SSSR count). The van der Waals surface area contributed by atoms with E-state index in [1.54, 1.807) is 0 Å². The first-order valence-corrected chi connectivity index (χ1v) is 11.2. The molecular formula is C25H30N4O. The fourth-order valence-electron chi connectivity index (χ4n) is 5.90. The lowest BCUT2D eigenvalue weighted by Crippen LogP contribution is -2.50. The molecule has 0 unspecified atom stereocenters. The number of fused-ring (bicyclic) bond motifs is 2. The van der Waals surface area contributed by atoms with Crippen molar-refractivity contribution in [2.24, 2.45) is 5.41 Å². The molecule has 2 aromatic heterocycles. The first kappa shape index (κ1) is 18.4. The number of aromatic nitrogens is 3. The van der Waals surface area contributed by atoms with Crippen LogP contribution in [0.5, 0.6) is 0 Å². The molecule has 4 aliphatic rings. The molecule has 2 saturated carbocycles. The number of benzene rings is 1. The Morgan fingerprint density at radius 3 is 2.60 bits per heavy atom. The monoisotopic (exact) mass is 402 g/mol. The number of hydrogen-bond donors (Lipinski definition) is 1. The van der Waals surface area contributed by atoms with Crippen molar-refractivity contribution in [1.29, 1.82) is 0 Å². The lowest BCUT2D eigenvalue weighted by molar-refractivity contribution is -0.0754. The van der Waals surface area contributed by atoms with Crippen molar-refractivity contribution in [2.45, 2.75) is 69.9 Å². The molecule has 2 saturated heterocycles. The number of aliphatic hydroxyl groups is 1. The second-order valence-corrected chi connectivity index (χ2v) is 10.6. The fraction of sp³-hybridized carbons (Fsp3) is 0.520. The average molecular weight is 403 g/mol. The summed E-state index contributed by atoms with van der Waals surface area (Å²) in [4.78, 5) is 7.07. The molecule has 0 spiro atoms. The van der Waals surface area contributed by atoms with Gasteiger partial charge in [-0.1, -0.05) is 25.5 Å². The van der Waals surface area contributed by atoms with Crippen LogP contribution in [0.2, 0.25) is 0 Å². The summed E-state index contributed by atoms with van der Waals surface area (Å²) < 4.78 is 2.05. The fourth-order valence-corrected chi connectivity index (χ4v) is 5.90. The van der Waals surface area contributed by atoms with Crippen LogP contribution in [0.15, 0.2) is 42.7 Å². The van der Waals surface area contributed by atoms with Crippen LogP contribution < -0.4 is 4.90 Å². The molecule has 0 amide bonds. The van der Waals surface area contributed by atoms with Gasteiger partial charge in [0, 0.05) is 35.7 Å². The number of nitrogens with zero attached hydrogens (tertiary/aromatic N) is 4. The molecule has 5 nitrogen and oxygen atoms in total. The van der Waals surface area contributed by atoms with Gasteiger partial charge in [0.25, 0.3) is 0 Å². The van der Waals surface area contributed by atoms with Crippen molar-refractivity contribution in [1.82, 2.24) is 14.8 Å². The summed E-state index contributed by atoms with van der Waals surface area (Å²) in [6.07, 6.45) is 9.81. The van der Waals surface area contributed by atoms with E-state index in [0.717, 1.165) is 36.4 Å². The van der Waals surface area contributed by atoms with Crippen molar-refractivity contribution in [3.05, 3.63) is 48.3 Å². The van der Waals surface area contributed by atoms with Crippen LogP contribution in [0.25, 0.3) is 16.6 Å². The molecule has 30 heavy (non-hydrogen) atoms. The maximum absolute atomic E-state index is 10.7. The van der Waals surface area contributed by atoms with Gasteiger partial charge in [0.05, 0.1) is 23.0 Å². The van der Waals surface area contributed by atoms with Crippen LogP contribution in [0.3, 0.4) is 0 Å². The van der Waals surface area contributed by atoms with Gasteiger partial charge in [0.15, 0.2) is 0 Å². The molecule has 2 aliphatic heterocycles. The van der Waals surface area contributed by atoms with Gasteiger partial charge in [-0.15, -0.1) is 0 Å². The molecule has 5 heteroatoms. The highest BCUT2D eigenvalue weighted by Gasteiger charge is 2.62. The van der Waals surface area contributed by atoms with Gasteiger partial charge in [-0.05, 0) is 62.6 Å². The topological polar surface area (TPSA) is 54.2 Å². The van der Waals surface area contributed by atoms with Gasteiger partial charge >= 0.3 is 0 Å². The molecule has 2 aliphatic carbocycles. The van der Waals surface area contributed by atoms with E-state index in [1.807, 2.05) is 32.3 Å². The third-order valence-electron chi connectivity index (χ3n) is 8.46. The van der Waals surface area contributed by atoms with Crippen LogP contribution >= 0.6 is 0 Å². The van der Waals surface area contributed by atoms with E-state index in [4.69, 9.17) is 5.10 Å². The molecule has 1 N–H and O–H groups in total. The Morgan fingerprint density at radius 1 is 1.13 bits per heavy atom. The average Bonchev–Trinajstić information content (AvgIpc) is 3.36. The minimum atomic E-state index is -0.651. The van der Waals surface area contributed by atoms with Crippen LogP contribution in [-0.2, 0) is 5.41 Å². The second-order valence-electron chi connectivity index (χ2n) is 10.6. The van der Waals surface area contributed by atoms with E-state index in [9.17, 15) is 5.11 Å². The zero-order valence-electron chi connectivity index (χ0n) is 18.1. The number of rotatable bonds is 4. The second kappa shape index (κ2) is 5.85. The molecular weight excluding hydrogens is 372 g/mol. The van der Waals surface area contributed by atoms with E-state index in [2.05, 4.69) is 45.8 Å². The molecule has 1 aromatic carbocycles. The van der Waals surface area contributed by atoms with Gasteiger partial charge in [0.2, 0.25) is 0 Å². The molecule has 2 bridgehead atoms. The minimum absolute atomic E-state index is 0.000860. The van der Waals surface area contributed by atoms with Gasteiger partial charge in [0.1, 0.15) is 5.82 Å². The molecule has 4 heterocycles. The quantitative estimate of drug-likeness (QED) is 0.693. The minimum Gasteiger partial charge on any atom is -0.390 e. The lowest BCUT2D eigenvalue weighted by atomic mass is 9.61. The van der Waals surface area contributed by atoms with Crippen molar-refractivity contribution in [2.75, 3.05) is 11.4 Å². The summed E-state index contributed by atoms with van der Waals surface area (Å²) in [5.41, 5.74) is 3.30. The Balaban J connectivity index is 1.36. The lowest BCUT2D eigenvalue weighted by Gasteiger charge is -2.45. The molecule has 0 atom stereocenters. The zero-order valence-corrected chi connectivity index (χ0v) is 18.1. The van der Waals surface area contributed by atoms with Gasteiger partial charge in [-0.3, -0.25) is 0 Å². The Bertz CT molecular complexity index is 1130. The Kier molecular flexibility index (Phi) is 3.58. The van der Waals surface area contributed by atoms with Crippen molar-refractivity contribution >= 4 is 16.7 Å². The zero-order chi connectivity index (χ0) is 20.7. The highest BCUT2D eigenvalue weighted by Crippen LogP contribution is 2.58. The summed E-state index contributed by atoms with van der Waals surface area (Å²) in [6, 6.07) is 11.5. The maximum atomic E-state index is 10.7. The normalized spacial score (nSPS) is 27.2. The van der Waals surface area contributed by atoms with E-state index >= 15 is 0 Å². The first-order chi connectivity index (χ1) is 14.3. The van der Waals surface area contributed by atoms with Gasteiger partial charge < -0.3 is 10.0 Å². The van der Waals surface area contributed by atoms with E-state index in [1.165, 1.54) is 30.2 Å². The SMILES string of the molecule is CC1(c2ccc3cnn(-c4ccnc(N5CC6(C(C)(C)O)CC5C6)c4)c3c2)CCC1. The predicted molar refractivity (Wildman–Crippen MR) is 119 cm³/mol. The predicted octanol–water partition coefficient (Wildman–Crippen LogP) is 4.60. The van der Waals surface area contributed by atoms with Crippen molar-refractivity contribution in [3.63, 3.8) is 0 Å². The maximum Gasteiger partial charge on any atom is 0.130 e. The smallest absolute Gasteiger partial charge is 0.130 e. The number of pyridine rings is 1. The molecule has 0 radical (unpaired) electrons. The summed E-state index contributed by atoms with van der Waals surface area (Å²) in [7, 11) is 0. The summed E-state index contributed by atoms with van der Waals surface area (Å²) in [5.74, 6) is 0.992. The van der Waals surface area contributed by atoms with Crippen LogP contribution in [0.4, 0.5) is 5.82 Å². The van der Waals surface area contributed by atoms with Gasteiger partial charge in [-0.2, -0.15) is 5.10 Å². The Labute approximate surface area is 177 Å². The Hall–Kier alpha value is -2.40. The first-order valence-electron chi connectivity index (χ1n) is 11.2. The molecule has 3 aromatic rings. The largest absolute Gasteiger partial charge is 0.390 e. The molecule has 4 fully saturated rings. The summed E-state index contributed by atoms with van der Waals surface area (Å²) >= 11 is 0. The van der Waals surface area contributed by atoms with E-state index in [-0.39, 0.29) is 5.41 Å². The number of anilines is 1. The summed E-state index contributed by atoms with van der Waals surface area (Å²) in [5, 5.41) is 16.5. The van der Waals surface area contributed by atoms with Gasteiger partial charge in [-0.25, -0.2) is 9.67 Å². The highest BCUT2D eigenvalue weighted by molar-refractivity contribution is 5.81. The highest BCUT2D eigenvalue weighted by atomic mass is 16.3. The summed E-state index contributed by atoms with van der Waals surface area (Å²) in [6.45, 7) is 7.15. The third-order valence-corrected chi connectivity index (χ3v) is 8.46. The van der Waals surface area contributed by atoms with Crippen LogP contribution in [0.1, 0.15) is 58.4 Å². The standard InChI is InChI=1S/C25H30N4O/c1-23(2,30)25-13-20(14-25)28(16-25)22-12-19(7-10-26-22)29-21-11-18(24(3)8-4-9-24)6-5-17(21)15-27-29/h5-7,10-12,15,20,30H,4,8-9,13-14,16H2,1-3H3. The Morgan fingerprint density at radius 2 is 1.93 bits per heavy atom. The van der Waals surface area contributed by atoms with E-state index in [0.29, 0.717) is 11.5 Å². The third kappa shape index (κ3) is 2.45. The van der Waals surface area contributed by atoms with Crippen molar-refractivity contribution < 1.29 is 5.11 Å².